The molecule has 1 amide bonds. The van der Waals surface area contributed by atoms with Gasteiger partial charge in [-0.05, 0) is 19.4 Å². The Morgan fingerprint density at radius 1 is 1.62 bits per heavy atom. The number of amides is 1. The molecule has 0 aromatic heterocycles. The van der Waals surface area contributed by atoms with Crippen molar-refractivity contribution in [2.75, 3.05) is 33.4 Å². The lowest BCUT2D eigenvalue weighted by atomic mass is 10.1. The van der Waals surface area contributed by atoms with Crippen molar-refractivity contribution < 1.29 is 9.53 Å². The van der Waals surface area contributed by atoms with Crippen LogP contribution in [0.3, 0.4) is 0 Å². The van der Waals surface area contributed by atoms with E-state index in [9.17, 15) is 4.79 Å². The second kappa shape index (κ2) is 6.86. The molecule has 0 bridgehead atoms. The summed E-state index contributed by atoms with van der Waals surface area (Å²) in [5.41, 5.74) is 0. The SMILES string of the molecule is CCCN(C(=O)[C@H](C)COC)[C@H]1CCNC1. The Kier molecular flexibility index (Phi) is 5.77. The summed E-state index contributed by atoms with van der Waals surface area (Å²) >= 11 is 0. The third-order valence-electron chi connectivity index (χ3n) is 3.06. The Morgan fingerprint density at radius 3 is 2.88 bits per heavy atom. The topological polar surface area (TPSA) is 41.6 Å². The molecule has 94 valence electrons. The number of carbonyl (C=O) groups excluding carboxylic acids is 1. The van der Waals surface area contributed by atoms with Crippen LogP contribution in [0.1, 0.15) is 26.7 Å². The van der Waals surface area contributed by atoms with Crippen LogP contribution >= 0.6 is 0 Å². The number of hydrogen-bond donors (Lipinski definition) is 1. The first kappa shape index (κ1) is 13.5. The number of nitrogens with zero attached hydrogens (tertiary/aromatic N) is 1. The van der Waals surface area contributed by atoms with Gasteiger partial charge in [0, 0.05) is 26.2 Å². The molecule has 1 rings (SSSR count). The highest BCUT2D eigenvalue weighted by molar-refractivity contribution is 5.79. The van der Waals surface area contributed by atoms with Crippen LogP contribution in [0, 0.1) is 5.92 Å². The van der Waals surface area contributed by atoms with E-state index in [0.29, 0.717) is 12.6 Å². The fourth-order valence-electron chi connectivity index (χ4n) is 2.22. The van der Waals surface area contributed by atoms with Gasteiger partial charge in [-0.1, -0.05) is 13.8 Å². The molecule has 1 fully saturated rings. The van der Waals surface area contributed by atoms with Gasteiger partial charge in [0.05, 0.1) is 12.5 Å². The summed E-state index contributed by atoms with van der Waals surface area (Å²) < 4.78 is 5.05. The molecular formula is C12H24N2O2. The molecule has 1 aliphatic heterocycles. The monoisotopic (exact) mass is 228 g/mol. The van der Waals surface area contributed by atoms with Crippen molar-refractivity contribution in [3.05, 3.63) is 0 Å². The van der Waals surface area contributed by atoms with E-state index in [2.05, 4.69) is 12.2 Å². The van der Waals surface area contributed by atoms with Gasteiger partial charge in [0.1, 0.15) is 0 Å². The second-order valence-corrected chi connectivity index (χ2v) is 4.53. The summed E-state index contributed by atoms with van der Waals surface area (Å²) in [6.45, 7) is 7.39. The summed E-state index contributed by atoms with van der Waals surface area (Å²) in [6.07, 6.45) is 2.09. The Morgan fingerprint density at radius 2 is 2.38 bits per heavy atom. The predicted octanol–water partition coefficient (Wildman–Crippen LogP) is 0.869. The van der Waals surface area contributed by atoms with E-state index in [1.165, 1.54) is 0 Å². The van der Waals surface area contributed by atoms with E-state index in [1.807, 2.05) is 11.8 Å². The molecule has 1 aliphatic rings. The number of nitrogens with one attached hydrogen (secondary N) is 1. The maximum Gasteiger partial charge on any atom is 0.228 e. The Balaban J connectivity index is 2.56. The Hall–Kier alpha value is -0.610. The molecule has 1 heterocycles. The number of ether oxygens (including phenoxy) is 1. The largest absolute Gasteiger partial charge is 0.384 e. The molecule has 1 saturated heterocycles. The molecule has 16 heavy (non-hydrogen) atoms. The highest BCUT2D eigenvalue weighted by Crippen LogP contribution is 2.13. The first-order chi connectivity index (χ1) is 7.70. The average Bonchev–Trinajstić information content (AvgIpc) is 2.78. The van der Waals surface area contributed by atoms with E-state index < -0.39 is 0 Å². The Labute approximate surface area is 98.3 Å². The van der Waals surface area contributed by atoms with Gasteiger partial charge >= 0.3 is 0 Å². The van der Waals surface area contributed by atoms with Gasteiger partial charge in [-0.3, -0.25) is 4.79 Å². The molecule has 0 radical (unpaired) electrons. The molecule has 0 aromatic rings. The van der Waals surface area contributed by atoms with Gasteiger partial charge in [0.2, 0.25) is 5.91 Å². The quantitative estimate of drug-likeness (QED) is 0.733. The molecule has 0 spiro atoms. The minimum Gasteiger partial charge on any atom is -0.384 e. The van der Waals surface area contributed by atoms with Crippen molar-refractivity contribution >= 4 is 5.91 Å². The van der Waals surface area contributed by atoms with Crippen molar-refractivity contribution in [3.63, 3.8) is 0 Å². The van der Waals surface area contributed by atoms with Gasteiger partial charge < -0.3 is 15.0 Å². The number of methoxy groups -OCH3 is 1. The van der Waals surface area contributed by atoms with E-state index in [4.69, 9.17) is 4.74 Å². The van der Waals surface area contributed by atoms with Crippen molar-refractivity contribution in [1.29, 1.82) is 0 Å². The molecule has 4 nitrogen and oxygen atoms in total. The fraction of sp³-hybridized carbons (Fsp3) is 0.917. The average molecular weight is 228 g/mol. The first-order valence-corrected chi connectivity index (χ1v) is 6.20. The van der Waals surface area contributed by atoms with Crippen LogP contribution in [-0.4, -0.2) is 50.2 Å². The standard InChI is InChI=1S/C12H24N2O2/c1-4-7-14(11-5-6-13-8-11)12(15)10(2)9-16-3/h10-11,13H,4-9H2,1-3H3/t10-,11+/m1/s1. The van der Waals surface area contributed by atoms with Crippen LogP contribution in [0.5, 0.6) is 0 Å². The third kappa shape index (κ3) is 3.46. The van der Waals surface area contributed by atoms with E-state index in [0.717, 1.165) is 32.5 Å². The van der Waals surface area contributed by atoms with Gasteiger partial charge in [0.25, 0.3) is 0 Å². The van der Waals surface area contributed by atoms with Crippen LogP contribution in [0.4, 0.5) is 0 Å². The van der Waals surface area contributed by atoms with Gasteiger partial charge in [-0.25, -0.2) is 0 Å². The summed E-state index contributed by atoms with van der Waals surface area (Å²) in [7, 11) is 1.64. The maximum absolute atomic E-state index is 12.2. The zero-order chi connectivity index (χ0) is 12.0. The lowest BCUT2D eigenvalue weighted by molar-refractivity contribution is -0.138. The summed E-state index contributed by atoms with van der Waals surface area (Å²) in [4.78, 5) is 14.3. The molecule has 1 N–H and O–H groups in total. The molecule has 2 atom stereocenters. The van der Waals surface area contributed by atoms with Gasteiger partial charge in [0.15, 0.2) is 0 Å². The minimum absolute atomic E-state index is 0.0304. The molecular weight excluding hydrogens is 204 g/mol. The molecule has 0 unspecified atom stereocenters. The summed E-state index contributed by atoms with van der Waals surface area (Å²) in [6, 6.07) is 0.381. The number of carbonyl (C=O) groups is 1. The van der Waals surface area contributed by atoms with Crippen LogP contribution in [0.25, 0.3) is 0 Å². The maximum atomic E-state index is 12.2. The molecule has 0 aliphatic carbocycles. The lowest BCUT2D eigenvalue weighted by Gasteiger charge is -2.30. The minimum atomic E-state index is -0.0304. The molecule has 4 heteroatoms. The van der Waals surface area contributed by atoms with Crippen molar-refractivity contribution in [1.82, 2.24) is 10.2 Å². The lowest BCUT2D eigenvalue weighted by Crippen LogP contribution is -2.45. The van der Waals surface area contributed by atoms with Crippen LogP contribution in [0.15, 0.2) is 0 Å². The van der Waals surface area contributed by atoms with Crippen molar-refractivity contribution in [3.8, 4) is 0 Å². The molecule has 0 saturated carbocycles. The van der Waals surface area contributed by atoms with Gasteiger partial charge in [-0.15, -0.1) is 0 Å². The van der Waals surface area contributed by atoms with E-state index in [1.54, 1.807) is 7.11 Å². The van der Waals surface area contributed by atoms with E-state index in [-0.39, 0.29) is 11.8 Å². The number of hydrogen-bond acceptors (Lipinski definition) is 3. The van der Waals surface area contributed by atoms with Crippen molar-refractivity contribution in [2.24, 2.45) is 5.92 Å². The van der Waals surface area contributed by atoms with Crippen LogP contribution < -0.4 is 5.32 Å². The van der Waals surface area contributed by atoms with E-state index >= 15 is 0 Å². The van der Waals surface area contributed by atoms with Crippen LogP contribution in [0.2, 0.25) is 0 Å². The normalized spacial score (nSPS) is 22.1. The Bertz CT molecular complexity index is 215. The summed E-state index contributed by atoms with van der Waals surface area (Å²) in [5.74, 6) is 0.203. The fourth-order valence-corrected chi connectivity index (χ4v) is 2.22. The third-order valence-corrected chi connectivity index (χ3v) is 3.06. The molecule has 0 aromatic carbocycles. The smallest absolute Gasteiger partial charge is 0.228 e. The predicted molar refractivity (Wildman–Crippen MR) is 64.3 cm³/mol. The summed E-state index contributed by atoms with van der Waals surface area (Å²) in [5, 5.41) is 3.31. The van der Waals surface area contributed by atoms with Gasteiger partial charge in [-0.2, -0.15) is 0 Å². The zero-order valence-corrected chi connectivity index (χ0v) is 10.7. The number of rotatable bonds is 6. The van der Waals surface area contributed by atoms with Crippen molar-refractivity contribution in [2.45, 2.75) is 32.7 Å². The first-order valence-electron chi connectivity index (χ1n) is 6.20. The highest BCUT2D eigenvalue weighted by Gasteiger charge is 2.28. The zero-order valence-electron chi connectivity index (χ0n) is 10.7. The second-order valence-electron chi connectivity index (χ2n) is 4.53. The highest BCUT2D eigenvalue weighted by atomic mass is 16.5. The van der Waals surface area contributed by atoms with Crippen LogP contribution in [-0.2, 0) is 9.53 Å².